The minimum Gasteiger partial charge on any atom is -0.493 e. The summed E-state index contributed by atoms with van der Waals surface area (Å²) >= 11 is 0. The number of hydrogen-bond donors (Lipinski definition) is 1. The van der Waals surface area contributed by atoms with E-state index in [1.807, 2.05) is 39.8 Å². The monoisotopic (exact) mass is 305 g/mol. The van der Waals surface area contributed by atoms with E-state index in [-0.39, 0.29) is 12.0 Å². The van der Waals surface area contributed by atoms with Gasteiger partial charge in [0.05, 0.1) is 14.2 Å². The topological polar surface area (TPSA) is 69.4 Å². The van der Waals surface area contributed by atoms with E-state index in [1.54, 1.807) is 14.2 Å². The molecular formula is C16H23N3O3. The van der Waals surface area contributed by atoms with Gasteiger partial charge in [0.15, 0.2) is 17.3 Å². The summed E-state index contributed by atoms with van der Waals surface area (Å²) in [6.07, 6.45) is 0. The number of hydrogen-bond acceptors (Lipinski definition) is 6. The van der Waals surface area contributed by atoms with Crippen LogP contribution in [0.2, 0.25) is 0 Å². The highest BCUT2D eigenvalue weighted by Gasteiger charge is 2.17. The minimum atomic E-state index is -0.100. The third kappa shape index (κ3) is 3.32. The Morgan fingerprint density at radius 1 is 1.09 bits per heavy atom. The normalized spacial score (nSPS) is 12.3. The lowest BCUT2D eigenvalue weighted by Crippen LogP contribution is -2.09. The standard InChI is InChI=1S/C16H23N3O3/c1-9(2)15-18-16(22-19-15)11(4)17-12-8-14(21-6)13(20-5)7-10(12)3/h7-9,11,17H,1-6H3/t11-/m0/s1. The van der Waals surface area contributed by atoms with Crippen LogP contribution in [0.4, 0.5) is 5.69 Å². The SMILES string of the molecule is COc1cc(C)c(N[C@@H](C)c2nc(C(C)C)no2)cc1OC. The van der Waals surface area contributed by atoms with Gasteiger partial charge in [-0.15, -0.1) is 0 Å². The first-order valence-corrected chi connectivity index (χ1v) is 7.29. The fourth-order valence-electron chi connectivity index (χ4n) is 2.09. The Bertz CT molecular complexity index is 638. The number of ether oxygens (including phenoxy) is 2. The zero-order chi connectivity index (χ0) is 16.3. The Kier molecular flexibility index (Phi) is 4.90. The number of aromatic nitrogens is 2. The average molecular weight is 305 g/mol. The van der Waals surface area contributed by atoms with Crippen LogP contribution in [0, 0.1) is 6.92 Å². The summed E-state index contributed by atoms with van der Waals surface area (Å²) in [5.74, 6) is 2.91. The zero-order valence-corrected chi connectivity index (χ0v) is 13.9. The van der Waals surface area contributed by atoms with Crippen LogP contribution in [0.15, 0.2) is 16.7 Å². The van der Waals surface area contributed by atoms with E-state index in [0.29, 0.717) is 23.2 Å². The molecule has 120 valence electrons. The van der Waals surface area contributed by atoms with Crippen molar-refractivity contribution in [1.29, 1.82) is 0 Å². The molecule has 22 heavy (non-hydrogen) atoms. The Labute approximate surface area is 130 Å². The van der Waals surface area contributed by atoms with Gasteiger partial charge in [-0.3, -0.25) is 0 Å². The number of methoxy groups -OCH3 is 2. The Balaban J connectivity index is 2.21. The second kappa shape index (κ2) is 6.68. The van der Waals surface area contributed by atoms with Gasteiger partial charge in [0.2, 0.25) is 5.89 Å². The van der Waals surface area contributed by atoms with E-state index < -0.39 is 0 Å². The van der Waals surface area contributed by atoms with Crippen molar-refractivity contribution >= 4 is 5.69 Å². The maximum atomic E-state index is 5.34. The minimum absolute atomic E-state index is 0.100. The Morgan fingerprint density at radius 2 is 1.73 bits per heavy atom. The first kappa shape index (κ1) is 16.1. The van der Waals surface area contributed by atoms with Crippen molar-refractivity contribution in [1.82, 2.24) is 10.1 Å². The van der Waals surface area contributed by atoms with Crippen molar-refractivity contribution < 1.29 is 14.0 Å². The molecule has 0 aliphatic rings. The lowest BCUT2D eigenvalue weighted by Gasteiger charge is -2.16. The van der Waals surface area contributed by atoms with E-state index >= 15 is 0 Å². The van der Waals surface area contributed by atoms with Gasteiger partial charge in [-0.05, 0) is 25.5 Å². The highest BCUT2D eigenvalue weighted by atomic mass is 16.5. The second-order valence-corrected chi connectivity index (χ2v) is 5.53. The fraction of sp³-hybridized carbons (Fsp3) is 0.500. The predicted molar refractivity (Wildman–Crippen MR) is 84.7 cm³/mol. The first-order chi connectivity index (χ1) is 10.5. The molecule has 6 nitrogen and oxygen atoms in total. The molecule has 1 heterocycles. The zero-order valence-electron chi connectivity index (χ0n) is 13.9. The summed E-state index contributed by atoms with van der Waals surface area (Å²) in [4.78, 5) is 4.42. The third-order valence-electron chi connectivity index (χ3n) is 3.45. The van der Waals surface area contributed by atoms with Gasteiger partial charge in [0, 0.05) is 17.7 Å². The van der Waals surface area contributed by atoms with Crippen LogP contribution in [0.5, 0.6) is 11.5 Å². The lowest BCUT2D eigenvalue weighted by molar-refractivity contribution is 0.354. The third-order valence-corrected chi connectivity index (χ3v) is 3.45. The summed E-state index contributed by atoms with van der Waals surface area (Å²) in [6.45, 7) is 8.05. The molecule has 1 N–H and O–H groups in total. The molecule has 0 aliphatic heterocycles. The van der Waals surface area contributed by atoms with Crippen molar-refractivity contribution in [3.05, 3.63) is 29.4 Å². The average Bonchev–Trinajstić information content (AvgIpc) is 2.99. The summed E-state index contributed by atoms with van der Waals surface area (Å²) in [6, 6.07) is 3.74. The smallest absolute Gasteiger partial charge is 0.248 e. The van der Waals surface area contributed by atoms with Crippen LogP contribution in [0.25, 0.3) is 0 Å². The number of nitrogens with zero attached hydrogens (tertiary/aromatic N) is 2. The van der Waals surface area contributed by atoms with Gasteiger partial charge in [-0.2, -0.15) is 4.98 Å². The van der Waals surface area contributed by atoms with Crippen LogP contribution in [0.1, 0.15) is 50.0 Å². The Morgan fingerprint density at radius 3 is 2.27 bits per heavy atom. The van der Waals surface area contributed by atoms with Gasteiger partial charge in [0.1, 0.15) is 6.04 Å². The molecule has 2 aromatic rings. The molecular weight excluding hydrogens is 282 g/mol. The van der Waals surface area contributed by atoms with Crippen LogP contribution in [-0.2, 0) is 0 Å². The van der Waals surface area contributed by atoms with Crippen molar-refractivity contribution in [3.8, 4) is 11.5 Å². The summed E-state index contributed by atoms with van der Waals surface area (Å²) < 4.78 is 16.0. The fourth-order valence-corrected chi connectivity index (χ4v) is 2.09. The summed E-state index contributed by atoms with van der Waals surface area (Å²) in [7, 11) is 3.24. The second-order valence-electron chi connectivity index (χ2n) is 5.53. The predicted octanol–water partition coefficient (Wildman–Crippen LogP) is 3.69. The molecule has 0 saturated heterocycles. The largest absolute Gasteiger partial charge is 0.493 e. The molecule has 0 unspecified atom stereocenters. The number of anilines is 1. The molecule has 0 radical (unpaired) electrons. The molecule has 0 amide bonds. The van der Waals surface area contributed by atoms with Crippen LogP contribution in [-0.4, -0.2) is 24.4 Å². The summed E-state index contributed by atoms with van der Waals surface area (Å²) in [5.41, 5.74) is 1.99. The first-order valence-electron chi connectivity index (χ1n) is 7.29. The number of rotatable bonds is 6. The van der Waals surface area contributed by atoms with Crippen LogP contribution in [0.3, 0.4) is 0 Å². The van der Waals surface area contributed by atoms with E-state index in [0.717, 1.165) is 11.3 Å². The molecule has 0 saturated carbocycles. The van der Waals surface area contributed by atoms with E-state index in [4.69, 9.17) is 14.0 Å². The van der Waals surface area contributed by atoms with Gasteiger partial charge < -0.3 is 19.3 Å². The van der Waals surface area contributed by atoms with Crippen molar-refractivity contribution in [2.75, 3.05) is 19.5 Å². The molecule has 0 fully saturated rings. The quantitative estimate of drug-likeness (QED) is 0.877. The molecule has 1 aromatic carbocycles. The van der Waals surface area contributed by atoms with Gasteiger partial charge >= 0.3 is 0 Å². The highest BCUT2D eigenvalue weighted by molar-refractivity contribution is 5.60. The molecule has 0 spiro atoms. The van der Waals surface area contributed by atoms with E-state index in [2.05, 4.69) is 15.5 Å². The Hall–Kier alpha value is -2.24. The molecule has 6 heteroatoms. The van der Waals surface area contributed by atoms with Gasteiger partial charge in [-0.25, -0.2) is 0 Å². The highest BCUT2D eigenvalue weighted by Crippen LogP contribution is 2.34. The van der Waals surface area contributed by atoms with Gasteiger partial charge in [0.25, 0.3) is 0 Å². The molecule has 2 rings (SSSR count). The number of benzene rings is 1. The van der Waals surface area contributed by atoms with Crippen molar-refractivity contribution in [2.24, 2.45) is 0 Å². The maximum Gasteiger partial charge on any atom is 0.248 e. The van der Waals surface area contributed by atoms with Crippen molar-refractivity contribution in [3.63, 3.8) is 0 Å². The van der Waals surface area contributed by atoms with Crippen molar-refractivity contribution in [2.45, 2.75) is 39.7 Å². The molecule has 0 aliphatic carbocycles. The number of aryl methyl sites for hydroxylation is 1. The molecule has 1 aromatic heterocycles. The molecule has 1 atom stereocenters. The molecule has 0 bridgehead atoms. The van der Waals surface area contributed by atoms with E-state index in [9.17, 15) is 0 Å². The summed E-state index contributed by atoms with van der Waals surface area (Å²) in [5, 5.41) is 7.36. The number of nitrogens with one attached hydrogen (secondary N) is 1. The van der Waals surface area contributed by atoms with Gasteiger partial charge in [-0.1, -0.05) is 19.0 Å². The maximum absolute atomic E-state index is 5.34. The van der Waals surface area contributed by atoms with E-state index in [1.165, 1.54) is 0 Å². The lowest BCUT2D eigenvalue weighted by atomic mass is 10.1. The van der Waals surface area contributed by atoms with Crippen LogP contribution < -0.4 is 14.8 Å². The van der Waals surface area contributed by atoms with Crippen LogP contribution >= 0.6 is 0 Å².